The van der Waals surface area contributed by atoms with Crippen molar-refractivity contribution in [1.82, 2.24) is 19.6 Å². The Balaban J connectivity index is 1.71. The van der Waals surface area contributed by atoms with Gasteiger partial charge in [0, 0.05) is 12.2 Å². The SMILES string of the molecule is Cc1nnc2nc(N3CCCCc4c(CCC(C)(C)O)cccc43)c3c(F)cccc3n12. The highest BCUT2D eigenvalue weighted by Gasteiger charge is 2.25. The summed E-state index contributed by atoms with van der Waals surface area (Å²) in [6.07, 6.45) is 4.47. The molecule has 3 heterocycles. The number of fused-ring (bicyclic) bond motifs is 4. The van der Waals surface area contributed by atoms with Crippen molar-refractivity contribution in [2.45, 2.75) is 58.5 Å². The highest BCUT2D eigenvalue weighted by Crippen LogP contribution is 2.38. The average molecular weight is 434 g/mol. The second kappa shape index (κ2) is 7.81. The number of hydrogen-bond donors (Lipinski definition) is 1. The Morgan fingerprint density at radius 2 is 1.91 bits per heavy atom. The van der Waals surface area contributed by atoms with Gasteiger partial charge in [0.1, 0.15) is 17.5 Å². The lowest BCUT2D eigenvalue weighted by Gasteiger charge is -2.27. The van der Waals surface area contributed by atoms with Crippen LogP contribution in [0.4, 0.5) is 15.9 Å². The first-order valence-electron chi connectivity index (χ1n) is 11.2. The second-order valence-corrected chi connectivity index (χ2v) is 9.29. The van der Waals surface area contributed by atoms with Gasteiger partial charge in [0.2, 0.25) is 0 Å². The molecule has 0 aliphatic carbocycles. The smallest absolute Gasteiger partial charge is 0.257 e. The lowest BCUT2D eigenvalue weighted by atomic mass is 9.93. The van der Waals surface area contributed by atoms with Crippen molar-refractivity contribution < 1.29 is 9.50 Å². The summed E-state index contributed by atoms with van der Waals surface area (Å²) in [6, 6.07) is 11.4. The molecule has 0 atom stereocenters. The summed E-state index contributed by atoms with van der Waals surface area (Å²) in [5, 5.41) is 19.1. The van der Waals surface area contributed by atoms with Crippen LogP contribution in [0.5, 0.6) is 0 Å². The van der Waals surface area contributed by atoms with Crippen molar-refractivity contribution in [3.8, 4) is 0 Å². The van der Waals surface area contributed by atoms with Crippen molar-refractivity contribution in [2.24, 2.45) is 0 Å². The Bertz CT molecular complexity index is 1310. The van der Waals surface area contributed by atoms with Crippen LogP contribution in [0, 0.1) is 12.7 Å². The molecule has 7 heteroatoms. The van der Waals surface area contributed by atoms with Gasteiger partial charge in [0.05, 0.1) is 16.5 Å². The average Bonchev–Trinajstić information content (AvgIpc) is 2.99. The van der Waals surface area contributed by atoms with Gasteiger partial charge in [-0.05, 0) is 82.2 Å². The van der Waals surface area contributed by atoms with Crippen LogP contribution in [0.3, 0.4) is 0 Å². The normalized spacial score (nSPS) is 14.7. The number of benzene rings is 2. The molecule has 2 aromatic carbocycles. The van der Waals surface area contributed by atoms with Crippen LogP contribution in [0.2, 0.25) is 0 Å². The van der Waals surface area contributed by atoms with Gasteiger partial charge in [-0.2, -0.15) is 4.98 Å². The number of halogens is 1. The molecule has 0 saturated heterocycles. The summed E-state index contributed by atoms with van der Waals surface area (Å²) >= 11 is 0. The molecule has 2 aromatic heterocycles. The van der Waals surface area contributed by atoms with Gasteiger partial charge in [0.25, 0.3) is 5.78 Å². The maximum atomic E-state index is 15.2. The van der Waals surface area contributed by atoms with E-state index in [1.807, 2.05) is 26.8 Å². The van der Waals surface area contributed by atoms with Gasteiger partial charge < -0.3 is 10.0 Å². The van der Waals surface area contributed by atoms with Crippen LogP contribution >= 0.6 is 0 Å². The third-order valence-electron chi connectivity index (χ3n) is 6.33. The number of hydrogen-bond acceptors (Lipinski definition) is 5. The van der Waals surface area contributed by atoms with Crippen LogP contribution in [0.15, 0.2) is 36.4 Å². The van der Waals surface area contributed by atoms with Crippen LogP contribution in [0.1, 0.15) is 50.1 Å². The van der Waals surface area contributed by atoms with Gasteiger partial charge in [-0.3, -0.25) is 4.40 Å². The van der Waals surface area contributed by atoms with Crippen molar-refractivity contribution >= 4 is 28.2 Å². The Labute approximate surface area is 186 Å². The zero-order valence-electron chi connectivity index (χ0n) is 18.8. The quantitative estimate of drug-likeness (QED) is 0.496. The summed E-state index contributed by atoms with van der Waals surface area (Å²) in [4.78, 5) is 6.94. The highest BCUT2D eigenvalue weighted by atomic mass is 19.1. The molecule has 0 unspecified atom stereocenters. The number of aromatic nitrogens is 4. The fourth-order valence-corrected chi connectivity index (χ4v) is 4.72. The zero-order valence-corrected chi connectivity index (χ0v) is 18.8. The first-order valence-corrected chi connectivity index (χ1v) is 11.2. The molecule has 1 N–H and O–H groups in total. The van der Waals surface area contributed by atoms with E-state index in [1.54, 1.807) is 10.5 Å². The third-order valence-corrected chi connectivity index (χ3v) is 6.33. The molecule has 166 valence electrons. The molecule has 0 radical (unpaired) electrons. The predicted molar refractivity (Wildman–Crippen MR) is 124 cm³/mol. The molecule has 5 rings (SSSR count). The van der Waals surface area contributed by atoms with Crippen LogP contribution < -0.4 is 4.90 Å². The van der Waals surface area contributed by atoms with Gasteiger partial charge >= 0.3 is 0 Å². The van der Waals surface area contributed by atoms with E-state index in [2.05, 4.69) is 33.3 Å². The van der Waals surface area contributed by atoms with E-state index >= 15 is 4.39 Å². The number of rotatable bonds is 4. The zero-order chi connectivity index (χ0) is 22.5. The number of aliphatic hydroxyl groups is 1. The maximum absolute atomic E-state index is 15.2. The topological polar surface area (TPSA) is 66.5 Å². The van der Waals surface area contributed by atoms with Gasteiger partial charge in [0.15, 0.2) is 0 Å². The van der Waals surface area contributed by atoms with Crippen molar-refractivity contribution in [1.29, 1.82) is 0 Å². The van der Waals surface area contributed by atoms with E-state index in [1.165, 1.54) is 17.2 Å². The standard InChI is InChI=1S/C25H28FN5O/c1-16-28-29-24-27-23(22-19(26)10-7-12-21(22)31(16)24)30-15-5-4-9-18-17(8-6-11-20(18)30)13-14-25(2,3)32/h6-8,10-12,32H,4-5,9,13-15H2,1-3H3. The van der Waals surface area contributed by atoms with Crippen LogP contribution in [-0.4, -0.2) is 36.8 Å². The molecule has 1 aliphatic rings. The molecule has 1 aliphatic heterocycles. The first-order chi connectivity index (χ1) is 15.3. The summed E-state index contributed by atoms with van der Waals surface area (Å²) in [5.74, 6) is 1.43. The van der Waals surface area contributed by atoms with E-state index in [4.69, 9.17) is 4.98 Å². The van der Waals surface area contributed by atoms with Crippen molar-refractivity contribution in [3.05, 3.63) is 59.2 Å². The highest BCUT2D eigenvalue weighted by molar-refractivity contribution is 5.94. The van der Waals surface area contributed by atoms with E-state index in [9.17, 15) is 5.11 Å². The summed E-state index contributed by atoms with van der Waals surface area (Å²) in [6.45, 7) is 6.29. The van der Waals surface area contributed by atoms with E-state index in [0.29, 0.717) is 29.2 Å². The third kappa shape index (κ3) is 3.60. The van der Waals surface area contributed by atoms with Gasteiger partial charge in [-0.1, -0.05) is 18.2 Å². The molecule has 0 saturated carbocycles. The molecule has 0 amide bonds. The Morgan fingerprint density at radius 3 is 2.72 bits per heavy atom. The van der Waals surface area contributed by atoms with Crippen molar-refractivity contribution in [3.63, 3.8) is 0 Å². The van der Waals surface area contributed by atoms with Crippen LogP contribution in [-0.2, 0) is 12.8 Å². The summed E-state index contributed by atoms with van der Waals surface area (Å²) in [5.41, 5.74) is 3.56. The Hall–Kier alpha value is -3.06. The first kappa shape index (κ1) is 20.8. The minimum atomic E-state index is -0.718. The van der Waals surface area contributed by atoms with Crippen LogP contribution in [0.25, 0.3) is 16.7 Å². The molecule has 32 heavy (non-hydrogen) atoms. The van der Waals surface area contributed by atoms with Gasteiger partial charge in [-0.25, -0.2) is 4.39 Å². The predicted octanol–water partition coefficient (Wildman–Crippen LogP) is 4.90. The van der Waals surface area contributed by atoms with E-state index in [-0.39, 0.29) is 5.82 Å². The molecule has 0 fully saturated rings. The molecule has 4 aromatic rings. The fourth-order valence-electron chi connectivity index (χ4n) is 4.72. The largest absolute Gasteiger partial charge is 0.390 e. The lowest BCUT2D eigenvalue weighted by molar-refractivity contribution is 0.0713. The fraction of sp³-hybridized carbons (Fsp3) is 0.400. The molecule has 0 spiro atoms. The number of nitrogens with zero attached hydrogens (tertiary/aromatic N) is 5. The molecular weight excluding hydrogens is 405 g/mol. The maximum Gasteiger partial charge on any atom is 0.257 e. The number of aryl methyl sites for hydroxylation is 2. The second-order valence-electron chi connectivity index (χ2n) is 9.29. The Morgan fingerprint density at radius 1 is 1.09 bits per heavy atom. The number of anilines is 2. The van der Waals surface area contributed by atoms with Crippen molar-refractivity contribution in [2.75, 3.05) is 11.4 Å². The summed E-state index contributed by atoms with van der Waals surface area (Å²) < 4.78 is 17.0. The molecule has 6 nitrogen and oxygen atoms in total. The molecule has 0 bridgehead atoms. The Kier molecular flexibility index (Phi) is 5.08. The monoisotopic (exact) mass is 433 g/mol. The summed E-state index contributed by atoms with van der Waals surface area (Å²) in [7, 11) is 0. The van der Waals surface area contributed by atoms with Gasteiger partial charge in [-0.15, -0.1) is 10.2 Å². The minimum Gasteiger partial charge on any atom is -0.390 e. The molecular formula is C25H28FN5O. The lowest BCUT2D eigenvalue weighted by Crippen LogP contribution is -2.22. The van der Waals surface area contributed by atoms with E-state index < -0.39 is 5.60 Å². The van der Waals surface area contributed by atoms with E-state index in [0.717, 1.165) is 43.4 Å². The minimum absolute atomic E-state index is 0.302.